The Balaban J connectivity index is 0.000000214. The summed E-state index contributed by atoms with van der Waals surface area (Å²) in [6.45, 7) is 7.59. The lowest BCUT2D eigenvalue weighted by molar-refractivity contribution is -0.134. The summed E-state index contributed by atoms with van der Waals surface area (Å²) in [6.07, 6.45) is 6.86. The van der Waals surface area contributed by atoms with E-state index in [0.717, 1.165) is 26.1 Å². The lowest BCUT2D eigenvalue weighted by Crippen LogP contribution is -2.47. The molecule has 1 aliphatic carbocycles. The summed E-state index contributed by atoms with van der Waals surface area (Å²) < 4.78 is 0. The fourth-order valence-corrected chi connectivity index (χ4v) is 5.37. The van der Waals surface area contributed by atoms with Gasteiger partial charge in [0.2, 0.25) is 5.91 Å². The second-order valence-electron chi connectivity index (χ2n) is 9.45. The molecule has 8 heteroatoms. The maximum atomic E-state index is 12.9. The van der Waals surface area contributed by atoms with Crippen molar-refractivity contribution < 1.29 is 20.1 Å². The molecule has 1 aromatic carbocycles. The number of H-pyrrole nitrogens is 1. The van der Waals surface area contributed by atoms with Gasteiger partial charge in [0.25, 0.3) is 0 Å². The van der Waals surface area contributed by atoms with E-state index in [1.807, 2.05) is 4.90 Å². The van der Waals surface area contributed by atoms with Gasteiger partial charge in [0.05, 0.1) is 24.8 Å². The lowest BCUT2D eigenvalue weighted by Gasteiger charge is -2.40. The number of rotatable bonds is 5. The van der Waals surface area contributed by atoms with E-state index < -0.39 is 0 Å². The molecule has 1 aliphatic heterocycles. The molecule has 2 aliphatic rings. The minimum absolute atomic E-state index is 0.0379. The number of likely N-dealkylation sites (N-methyl/N-ethyl adjacent to an activating group) is 1. The highest BCUT2D eigenvalue weighted by Gasteiger charge is 2.36. The minimum atomic E-state index is -0.287. The van der Waals surface area contributed by atoms with Gasteiger partial charge in [-0.1, -0.05) is 18.2 Å². The Labute approximate surface area is 211 Å². The highest BCUT2D eigenvalue weighted by molar-refractivity contribution is 5.99. The number of aromatic hydroxyl groups is 1. The van der Waals surface area contributed by atoms with Gasteiger partial charge in [0.1, 0.15) is 5.75 Å². The molecular weight excluding hydrogens is 456 g/mol. The van der Waals surface area contributed by atoms with E-state index in [1.54, 1.807) is 6.92 Å². The summed E-state index contributed by atoms with van der Waals surface area (Å²) in [5.74, 6) is 0.172. The Bertz CT molecular complexity index is 1280. The number of aliphatic hydroxyl groups is 2. The van der Waals surface area contributed by atoms with Crippen LogP contribution in [0.3, 0.4) is 0 Å². The van der Waals surface area contributed by atoms with E-state index in [4.69, 9.17) is 10.2 Å². The number of nitrogens with zero attached hydrogens (tertiary/aromatic N) is 3. The Morgan fingerprint density at radius 3 is 2.64 bits per heavy atom. The molecule has 2 aromatic heterocycles. The van der Waals surface area contributed by atoms with E-state index in [2.05, 4.69) is 66.2 Å². The largest absolute Gasteiger partial charge is 0.506 e. The summed E-state index contributed by atoms with van der Waals surface area (Å²) in [5.41, 5.74) is 6.47. The maximum Gasteiger partial charge on any atom is 0.230 e. The molecular formula is C28H36N4O4. The standard InChI is InChI=1S/C20H25N3O.C8H11NO3/c1-4-23(5-2)20(24)14-9-16-15-7-6-8-17-19(15)13(11-21-17)10-18(16)22(3)12-14;1-5-8(12)7(4-11)6(3-10)2-9-5/h6-9,11,14,18,21H,4-5,10,12H2,1-3H3;2,10-12H,3-4H2,1H3/t14-,18-;/m1./s1. The van der Waals surface area contributed by atoms with E-state index in [0.29, 0.717) is 22.9 Å². The number of aryl methyl sites for hydroxylation is 1. The molecule has 2 atom stereocenters. The molecule has 0 spiro atoms. The van der Waals surface area contributed by atoms with E-state index in [1.165, 1.54) is 33.8 Å². The molecule has 4 N–H and O–H groups in total. The van der Waals surface area contributed by atoms with Crippen LogP contribution in [0.4, 0.5) is 0 Å². The van der Waals surface area contributed by atoms with Crippen molar-refractivity contribution in [1.29, 1.82) is 0 Å². The summed E-state index contributed by atoms with van der Waals surface area (Å²) in [7, 11) is 2.15. The van der Waals surface area contributed by atoms with Gasteiger partial charge in [-0.15, -0.1) is 0 Å². The third-order valence-electron chi connectivity index (χ3n) is 7.42. The van der Waals surface area contributed by atoms with Crippen LogP contribution in [0.25, 0.3) is 16.5 Å². The fraction of sp³-hybridized carbons (Fsp3) is 0.429. The molecule has 0 radical (unpaired) electrons. The molecule has 0 unspecified atom stereocenters. The Kier molecular flexibility index (Phi) is 7.78. The van der Waals surface area contributed by atoms with Crippen LogP contribution in [0.1, 0.15) is 41.8 Å². The second-order valence-corrected chi connectivity index (χ2v) is 9.45. The third kappa shape index (κ3) is 4.64. The molecule has 0 saturated carbocycles. The first-order valence-electron chi connectivity index (χ1n) is 12.5. The smallest absolute Gasteiger partial charge is 0.230 e. The van der Waals surface area contributed by atoms with Crippen molar-refractivity contribution in [1.82, 2.24) is 19.8 Å². The lowest BCUT2D eigenvalue weighted by atomic mass is 9.79. The molecule has 0 bridgehead atoms. The number of carbonyl (C=O) groups excluding carboxylic acids is 1. The molecule has 192 valence electrons. The summed E-state index contributed by atoms with van der Waals surface area (Å²) in [5, 5.41) is 28.4. The van der Waals surface area contributed by atoms with Crippen molar-refractivity contribution in [3.8, 4) is 5.75 Å². The van der Waals surface area contributed by atoms with Crippen LogP contribution >= 0.6 is 0 Å². The third-order valence-corrected chi connectivity index (χ3v) is 7.42. The van der Waals surface area contributed by atoms with E-state index >= 15 is 0 Å². The van der Waals surface area contributed by atoms with Gasteiger partial charge in [-0.05, 0) is 57.0 Å². The number of aromatic nitrogens is 2. The van der Waals surface area contributed by atoms with Gasteiger partial charge in [0, 0.05) is 60.1 Å². The van der Waals surface area contributed by atoms with Crippen molar-refractivity contribution in [2.24, 2.45) is 5.92 Å². The number of amides is 1. The SMILES string of the molecule is CCN(CC)C(=O)[C@@H]1C=C2c3cccc4[nH]cc(c34)C[C@H]2N(C)C1.Cc1ncc(CO)c(CO)c1O. The van der Waals surface area contributed by atoms with Crippen LogP contribution in [0.5, 0.6) is 5.75 Å². The summed E-state index contributed by atoms with van der Waals surface area (Å²) in [4.78, 5) is 24.4. The first-order chi connectivity index (χ1) is 17.3. The topological polar surface area (TPSA) is 113 Å². The molecule has 36 heavy (non-hydrogen) atoms. The van der Waals surface area contributed by atoms with E-state index in [9.17, 15) is 9.90 Å². The number of aliphatic hydroxyl groups excluding tert-OH is 2. The number of hydrogen-bond donors (Lipinski definition) is 4. The Morgan fingerprint density at radius 2 is 1.97 bits per heavy atom. The van der Waals surface area contributed by atoms with Crippen LogP contribution in [-0.4, -0.2) is 73.7 Å². The van der Waals surface area contributed by atoms with Crippen molar-refractivity contribution in [2.45, 2.75) is 46.4 Å². The monoisotopic (exact) mass is 492 g/mol. The van der Waals surface area contributed by atoms with Crippen LogP contribution in [0, 0.1) is 12.8 Å². The first-order valence-corrected chi connectivity index (χ1v) is 12.5. The van der Waals surface area contributed by atoms with Gasteiger partial charge in [-0.25, -0.2) is 0 Å². The maximum absolute atomic E-state index is 12.9. The number of aromatic amines is 1. The van der Waals surface area contributed by atoms with Crippen LogP contribution < -0.4 is 0 Å². The van der Waals surface area contributed by atoms with Gasteiger partial charge in [-0.3, -0.25) is 14.7 Å². The highest BCUT2D eigenvalue weighted by atomic mass is 16.3. The zero-order valence-corrected chi connectivity index (χ0v) is 21.5. The number of benzene rings is 1. The van der Waals surface area contributed by atoms with Crippen molar-refractivity contribution in [3.63, 3.8) is 0 Å². The summed E-state index contributed by atoms with van der Waals surface area (Å²) in [6, 6.07) is 6.82. The normalized spacial score (nSPS) is 18.8. The summed E-state index contributed by atoms with van der Waals surface area (Å²) >= 11 is 0. The minimum Gasteiger partial charge on any atom is -0.506 e. The predicted molar refractivity (Wildman–Crippen MR) is 140 cm³/mol. The number of hydrogen-bond acceptors (Lipinski definition) is 6. The van der Waals surface area contributed by atoms with Gasteiger partial charge in [-0.2, -0.15) is 0 Å². The Morgan fingerprint density at radius 1 is 1.22 bits per heavy atom. The van der Waals surface area contributed by atoms with Crippen LogP contribution in [-0.2, 0) is 24.4 Å². The van der Waals surface area contributed by atoms with Crippen molar-refractivity contribution in [2.75, 3.05) is 26.7 Å². The molecule has 5 rings (SSSR count). The average Bonchev–Trinajstić information content (AvgIpc) is 3.31. The molecule has 1 amide bonds. The zero-order chi connectivity index (χ0) is 26.0. The molecule has 3 aromatic rings. The van der Waals surface area contributed by atoms with Gasteiger partial charge < -0.3 is 25.2 Å². The zero-order valence-electron chi connectivity index (χ0n) is 21.5. The van der Waals surface area contributed by atoms with Crippen molar-refractivity contribution in [3.05, 3.63) is 64.6 Å². The van der Waals surface area contributed by atoms with Gasteiger partial charge >= 0.3 is 0 Å². The number of nitrogens with one attached hydrogen (secondary N) is 1. The highest BCUT2D eigenvalue weighted by Crippen LogP contribution is 2.41. The second kappa shape index (κ2) is 10.8. The fourth-order valence-electron chi connectivity index (χ4n) is 5.37. The molecule has 0 saturated heterocycles. The van der Waals surface area contributed by atoms with Crippen LogP contribution in [0.2, 0.25) is 0 Å². The van der Waals surface area contributed by atoms with Crippen LogP contribution in [0.15, 0.2) is 36.7 Å². The molecule has 8 nitrogen and oxygen atoms in total. The first kappa shape index (κ1) is 25.9. The number of carbonyl (C=O) groups is 1. The number of fused-ring (bicyclic) bond motifs is 2. The Hall–Kier alpha value is -3.20. The molecule has 3 heterocycles. The van der Waals surface area contributed by atoms with E-state index in [-0.39, 0.29) is 30.8 Å². The number of pyridine rings is 1. The predicted octanol–water partition coefficient (Wildman–Crippen LogP) is 2.99. The molecule has 0 fully saturated rings. The van der Waals surface area contributed by atoms with Gasteiger partial charge in [0.15, 0.2) is 0 Å². The average molecular weight is 493 g/mol. The quantitative estimate of drug-likeness (QED) is 0.436. The van der Waals surface area contributed by atoms with Crippen molar-refractivity contribution >= 4 is 22.4 Å².